The minimum absolute atomic E-state index is 0.0164. The highest BCUT2D eigenvalue weighted by atomic mass is 79.9. The molecule has 3 N–H and O–H groups in total. The lowest BCUT2D eigenvalue weighted by Crippen LogP contribution is -2.43. The summed E-state index contributed by atoms with van der Waals surface area (Å²) in [6, 6.07) is 2.26. The first-order valence-corrected chi connectivity index (χ1v) is 6.61. The number of anilines is 1. The lowest BCUT2D eigenvalue weighted by Gasteiger charge is -2.21. The van der Waals surface area contributed by atoms with Gasteiger partial charge >= 0.3 is 12.0 Å². The SMILES string of the molecule is O=C(O)[C@@H]1C[C@@H](O)CN1C(=O)Nc1ccc(Br)c(F)c1. The minimum atomic E-state index is -1.18. The zero-order valence-electron chi connectivity index (χ0n) is 10.2. The molecule has 0 bridgehead atoms. The Morgan fingerprint density at radius 1 is 1.45 bits per heavy atom. The fraction of sp³-hybridized carbons (Fsp3) is 0.333. The normalized spacial score (nSPS) is 21.9. The van der Waals surface area contributed by atoms with Crippen molar-refractivity contribution in [1.29, 1.82) is 0 Å². The summed E-state index contributed by atoms with van der Waals surface area (Å²) in [5.74, 6) is -1.72. The lowest BCUT2D eigenvalue weighted by atomic mass is 10.2. The number of amides is 2. The molecule has 108 valence electrons. The van der Waals surface area contributed by atoms with Crippen LogP contribution in [0.4, 0.5) is 14.9 Å². The summed E-state index contributed by atoms with van der Waals surface area (Å²) in [6.07, 6.45) is -0.888. The molecule has 2 rings (SSSR count). The number of aliphatic hydroxyl groups is 1. The van der Waals surface area contributed by atoms with Crippen molar-refractivity contribution < 1.29 is 24.2 Å². The maximum Gasteiger partial charge on any atom is 0.326 e. The molecule has 1 heterocycles. The van der Waals surface area contributed by atoms with Crippen molar-refractivity contribution in [2.45, 2.75) is 18.6 Å². The van der Waals surface area contributed by atoms with Gasteiger partial charge in [0, 0.05) is 18.7 Å². The van der Waals surface area contributed by atoms with Gasteiger partial charge in [-0.2, -0.15) is 0 Å². The second-order valence-corrected chi connectivity index (χ2v) is 5.31. The maximum absolute atomic E-state index is 13.3. The average Bonchev–Trinajstić information content (AvgIpc) is 2.76. The number of hydrogen-bond acceptors (Lipinski definition) is 3. The first-order chi connectivity index (χ1) is 9.38. The summed E-state index contributed by atoms with van der Waals surface area (Å²) in [6.45, 7) is -0.0676. The third-order valence-electron chi connectivity index (χ3n) is 3.00. The van der Waals surface area contributed by atoms with Gasteiger partial charge in [-0.1, -0.05) is 0 Å². The molecule has 0 aliphatic carbocycles. The van der Waals surface area contributed by atoms with Crippen LogP contribution in [-0.2, 0) is 4.79 Å². The topological polar surface area (TPSA) is 89.9 Å². The van der Waals surface area contributed by atoms with E-state index in [9.17, 15) is 19.1 Å². The third kappa shape index (κ3) is 3.07. The standard InChI is InChI=1S/C12H12BrFN2O4/c13-8-2-1-6(3-9(8)14)15-12(20)16-5-7(17)4-10(16)11(18)19/h1-3,7,10,17H,4-5H2,(H,15,20)(H,18,19)/t7-,10+/m1/s1. The number of nitrogens with zero attached hydrogens (tertiary/aromatic N) is 1. The van der Waals surface area contributed by atoms with Gasteiger partial charge in [0.2, 0.25) is 0 Å². The molecule has 1 aliphatic rings. The molecule has 2 amide bonds. The zero-order valence-corrected chi connectivity index (χ0v) is 11.8. The van der Waals surface area contributed by atoms with E-state index in [1.165, 1.54) is 12.1 Å². The largest absolute Gasteiger partial charge is 0.480 e. The van der Waals surface area contributed by atoms with Crippen LogP contribution in [0.1, 0.15) is 6.42 Å². The summed E-state index contributed by atoms with van der Waals surface area (Å²) in [4.78, 5) is 24.0. The van der Waals surface area contributed by atoms with Crippen molar-refractivity contribution in [2.24, 2.45) is 0 Å². The average molecular weight is 347 g/mol. The van der Waals surface area contributed by atoms with E-state index in [0.717, 1.165) is 11.0 Å². The predicted molar refractivity (Wildman–Crippen MR) is 71.9 cm³/mol. The molecular weight excluding hydrogens is 335 g/mol. The molecular formula is C12H12BrFN2O4. The smallest absolute Gasteiger partial charge is 0.326 e. The molecule has 8 heteroatoms. The van der Waals surface area contributed by atoms with Gasteiger partial charge in [-0.15, -0.1) is 0 Å². The summed E-state index contributed by atoms with van der Waals surface area (Å²) in [5, 5.41) is 20.9. The first kappa shape index (κ1) is 14.7. The molecule has 20 heavy (non-hydrogen) atoms. The number of nitrogens with one attached hydrogen (secondary N) is 1. The molecule has 1 aliphatic heterocycles. The fourth-order valence-corrected chi connectivity index (χ4v) is 2.29. The van der Waals surface area contributed by atoms with Crippen molar-refractivity contribution >= 4 is 33.6 Å². The molecule has 0 radical (unpaired) electrons. The Kier molecular flexibility index (Phi) is 4.24. The van der Waals surface area contributed by atoms with Crippen molar-refractivity contribution in [2.75, 3.05) is 11.9 Å². The van der Waals surface area contributed by atoms with Gasteiger partial charge in [-0.3, -0.25) is 0 Å². The van der Waals surface area contributed by atoms with Crippen LogP contribution in [-0.4, -0.2) is 45.8 Å². The van der Waals surface area contributed by atoms with Gasteiger partial charge in [0.15, 0.2) is 0 Å². The minimum Gasteiger partial charge on any atom is -0.480 e. The Morgan fingerprint density at radius 3 is 2.75 bits per heavy atom. The number of urea groups is 1. The van der Waals surface area contributed by atoms with E-state index in [2.05, 4.69) is 21.2 Å². The van der Waals surface area contributed by atoms with Crippen LogP contribution >= 0.6 is 15.9 Å². The summed E-state index contributed by atoms with van der Waals surface area (Å²) in [7, 11) is 0. The van der Waals surface area contributed by atoms with Gasteiger partial charge in [-0.05, 0) is 34.1 Å². The van der Waals surface area contributed by atoms with E-state index < -0.39 is 30.0 Å². The molecule has 1 saturated heterocycles. The Morgan fingerprint density at radius 2 is 2.15 bits per heavy atom. The van der Waals surface area contributed by atoms with Crippen molar-refractivity contribution in [3.05, 3.63) is 28.5 Å². The van der Waals surface area contributed by atoms with E-state index in [0.29, 0.717) is 0 Å². The highest BCUT2D eigenvalue weighted by molar-refractivity contribution is 9.10. The summed E-state index contributed by atoms with van der Waals surface area (Å²) in [5.41, 5.74) is 0.209. The molecule has 2 atom stereocenters. The molecule has 1 fully saturated rings. The molecule has 1 aromatic carbocycles. The monoisotopic (exact) mass is 346 g/mol. The molecule has 0 aromatic heterocycles. The molecule has 0 spiro atoms. The molecule has 0 unspecified atom stereocenters. The number of aliphatic carboxylic acids is 1. The predicted octanol–water partition coefficient (Wildman–Crippen LogP) is 1.64. The Balaban J connectivity index is 2.11. The van der Waals surface area contributed by atoms with Crippen molar-refractivity contribution in [3.8, 4) is 0 Å². The number of rotatable bonds is 2. The summed E-state index contributed by atoms with van der Waals surface area (Å²) < 4.78 is 13.6. The molecule has 6 nitrogen and oxygen atoms in total. The van der Waals surface area contributed by atoms with E-state index in [4.69, 9.17) is 5.11 Å². The second kappa shape index (κ2) is 5.76. The second-order valence-electron chi connectivity index (χ2n) is 4.45. The third-order valence-corrected chi connectivity index (χ3v) is 3.64. The highest BCUT2D eigenvalue weighted by Gasteiger charge is 2.39. The number of benzene rings is 1. The van der Waals surface area contributed by atoms with E-state index in [1.54, 1.807) is 0 Å². The van der Waals surface area contributed by atoms with Gasteiger partial charge < -0.3 is 20.4 Å². The number of carbonyl (C=O) groups is 2. The quantitative estimate of drug-likeness (QED) is 0.759. The fourth-order valence-electron chi connectivity index (χ4n) is 2.04. The number of aliphatic hydroxyl groups excluding tert-OH is 1. The molecule has 0 saturated carbocycles. The van der Waals surface area contributed by atoms with Crippen molar-refractivity contribution in [1.82, 2.24) is 4.90 Å². The van der Waals surface area contributed by atoms with E-state index in [-0.39, 0.29) is 23.1 Å². The Bertz CT molecular complexity index is 554. The summed E-state index contributed by atoms with van der Waals surface area (Å²) >= 11 is 2.99. The van der Waals surface area contributed by atoms with Gasteiger partial charge in [0.1, 0.15) is 11.9 Å². The number of carbonyl (C=O) groups excluding carboxylic acids is 1. The number of halogens is 2. The number of carboxylic acid groups (broad SMARTS) is 1. The van der Waals surface area contributed by atoms with Crippen LogP contribution < -0.4 is 5.32 Å². The van der Waals surface area contributed by atoms with E-state index in [1.807, 2.05) is 0 Å². The van der Waals surface area contributed by atoms with Crippen LogP contribution in [0, 0.1) is 5.82 Å². The first-order valence-electron chi connectivity index (χ1n) is 5.82. The van der Waals surface area contributed by atoms with Crippen LogP contribution in [0.3, 0.4) is 0 Å². The molecule has 1 aromatic rings. The lowest BCUT2D eigenvalue weighted by molar-refractivity contribution is -0.141. The maximum atomic E-state index is 13.3. The van der Waals surface area contributed by atoms with Gasteiger partial charge in [-0.25, -0.2) is 14.0 Å². The zero-order chi connectivity index (χ0) is 14.9. The van der Waals surface area contributed by atoms with Crippen LogP contribution in [0.5, 0.6) is 0 Å². The number of hydrogen-bond donors (Lipinski definition) is 3. The highest BCUT2D eigenvalue weighted by Crippen LogP contribution is 2.22. The van der Waals surface area contributed by atoms with E-state index >= 15 is 0 Å². The van der Waals surface area contributed by atoms with Crippen molar-refractivity contribution in [3.63, 3.8) is 0 Å². The number of β-amino-alcohol motifs (C(OH)–C–C–N with tert-alkyl or cyclic N) is 1. The Labute approximate surface area is 122 Å². The Hall–Kier alpha value is -1.67. The van der Waals surface area contributed by atoms with Gasteiger partial charge in [0.25, 0.3) is 0 Å². The van der Waals surface area contributed by atoms with Crippen LogP contribution in [0.25, 0.3) is 0 Å². The van der Waals surface area contributed by atoms with Crippen LogP contribution in [0.2, 0.25) is 0 Å². The van der Waals surface area contributed by atoms with Gasteiger partial charge in [0.05, 0.1) is 10.6 Å². The van der Waals surface area contributed by atoms with Crippen LogP contribution in [0.15, 0.2) is 22.7 Å². The number of likely N-dealkylation sites (tertiary alicyclic amines) is 1. The number of carboxylic acids is 1.